The Hall–Kier alpha value is -0.610. The van der Waals surface area contributed by atoms with Crippen LogP contribution in [0.4, 0.5) is 0 Å². The number of nitrogens with two attached hydrogens (primary N) is 1. The molecule has 0 aromatic carbocycles. The number of hydrogen-bond donors (Lipinski definition) is 2. The van der Waals surface area contributed by atoms with Gasteiger partial charge in [-0.3, -0.25) is 4.79 Å². The molecule has 1 amide bonds. The molecule has 106 valence electrons. The topological polar surface area (TPSA) is 64.4 Å². The number of hydrogen-bond acceptors (Lipinski definition) is 3. The van der Waals surface area contributed by atoms with E-state index in [-0.39, 0.29) is 11.3 Å². The molecule has 1 fully saturated rings. The van der Waals surface area contributed by atoms with Gasteiger partial charge >= 0.3 is 0 Å². The van der Waals surface area contributed by atoms with Gasteiger partial charge in [0.05, 0.1) is 6.61 Å². The van der Waals surface area contributed by atoms with E-state index in [4.69, 9.17) is 10.5 Å². The Labute approximate surface area is 111 Å². The summed E-state index contributed by atoms with van der Waals surface area (Å²) >= 11 is 0. The molecule has 1 rings (SSSR count). The van der Waals surface area contributed by atoms with E-state index in [1.54, 1.807) is 0 Å². The van der Waals surface area contributed by atoms with E-state index < -0.39 is 0 Å². The lowest BCUT2D eigenvalue weighted by atomic mass is 9.84. The fourth-order valence-electron chi connectivity index (χ4n) is 2.28. The Morgan fingerprint density at radius 3 is 2.83 bits per heavy atom. The lowest BCUT2D eigenvalue weighted by Gasteiger charge is -2.24. The van der Waals surface area contributed by atoms with Gasteiger partial charge in [0.2, 0.25) is 5.91 Å². The first-order valence-corrected chi connectivity index (χ1v) is 7.08. The van der Waals surface area contributed by atoms with Crippen LogP contribution in [0.25, 0.3) is 0 Å². The fraction of sp³-hybridized carbons (Fsp3) is 0.929. The van der Waals surface area contributed by atoms with Crippen LogP contribution in [0.3, 0.4) is 0 Å². The molecule has 1 aliphatic heterocycles. The first-order chi connectivity index (χ1) is 8.53. The van der Waals surface area contributed by atoms with Gasteiger partial charge in [0, 0.05) is 19.6 Å². The van der Waals surface area contributed by atoms with E-state index in [0.717, 1.165) is 39.0 Å². The van der Waals surface area contributed by atoms with Crippen LogP contribution >= 0.6 is 0 Å². The van der Waals surface area contributed by atoms with Crippen molar-refractivity contribution < 1.29 is 9.53 Å². The van der Waals surface area contributed by atoms with Crippen molar-refractivity contribution in [3.63, 3.8) is 0 Å². The second kappa shape index (κ2) is 7.74. The standard InChI is InChI=1S/C14H28N2O2/c1-14(2,7-8-15)6-5-13(17)16-10-12-4-3-9-18-11-12/h12H,3-11,15H2,1-2H3,(H,16,17). The smallest absolute Gasteiger partial charge is 0.220 e. The van der Waals surface area contributed by atoms with E-state index in [1.807, 2.05) is 0 Å². The van der Waals surface area contributed by atoms with Crippen molar-refractivity contribution in [1.82, 2.24) is 5.32 Å². The van der Waals surface area contributed by atoms with Crippen LogP contribution in [-0.4, -0.2) is 32.2 Å². The first-order valence-electron chi connectivity index (χ1n) is 7.08. The lowest BCUT2D eigenvalue weighted by molar-refractivity contribution is -0.122. The van der Waals surface area contributed by atoms with Gasteiger partial charge in [-0.25, -0.2) is 0 Å². The maximum atomic E-state index is 11.8. The van der Waals surface area contributed by atoms with Crippen molar-refractivity contribution in [3.8, 4) is 0 Å². The highest BCUT2D eigenvalue weighted by atomic mass is 16.5. The number of ether oxygens (including phenoxy) is 1. The zero-order valence-corrected chi connectivity index (χ0v) is 11.8. The summed E-state index contributed by atoms with van der Waals surface area (Å²) in [6.45, 7) is 7.45. The largest absolute Gasteiger partial charge is 0.381 e. The molecule has 1 atom stereocenters. The Morgan fingerprint density at radius 2 is 2.22 bits per heavy atom. The van der Waals surface area contributed by atoms with Crippen LogP contribution in [0.15, 0.2) is 0 Å². The second-order valence-corrected chi connectivity index (χ2v) is 6.09. The minimum absolute atomic E-state index is 0.158. The molecule has 0 aliphatic carbocycles. The van der Waals surface area contributed by atoms with Crippen LogP contribution in [0.2, 0.25) is 0 Å². The van der Waals surface area contributed by atoms with Gasteiger partial charge in [0.25, 0.3) is 0 Å². The Bertz CT molecular complexity index is 248. The average molecular weight is 256 g/mol. The zero-order chi connectivity index (χ0) is 13.4. The maximum absolute atomic E-state index is 11.8. The van der Waals surface area contributed by atoms with Crippen molar-refractivity contribution in [2.24, 2.45) is 17.1 Å². The molecule has 4 heteroatoms. The highest BCUT2D eigenvalue weighted by molar-refractivity contribution is 5.75. The Balaban J connectivity index is 2.13. The number of nitrogens with one attached hydrogen (secondary N) is 1. The Morgan fingerprint density at radius 1 is 1.44 bits per heavy atom. The minimum Gasteiger partial charge on any atom is -0.381 e. The molecule has 3 N–H and O–H groups in total. The number of carbonyl (C=O) groups is 1. The van der Waals surface area contributed by atoms with Crippen molar-refractivity contribution in [3.05, 3.63) is 0 Å². The summed E-state index contributed by atoms with van der Waals surface area (Å²) < 4.78 is 5.40. The van der Waals surface area contributed by atoms with E-state index in [0.29, 0.717) is 18.9 Å². The number of carbonyl (C=O) groups excluding carboxylic acids is 1. The van der Waals surface area contributed by atoms with Gasteiger partial charge < -0.3 is 15.8 Å². The van der Waals surface area contributed by atoms with Crippen LogP contribution in [0.5, 0.6) is 0 Å². The minimum atomic E-state index is 0.158. The average Bonchev–Trinajstić information content (AvgIpc) is 2.35. The normalized spacial score (nSPS) is 20.7. The lowest BCUT2D eigenvalue weighted by Crippen LogP contribution is -2.33. The summed E-state index contributed by atoms with van der Waals surface area (Å²) in [5.41, 5.74) is 5.73. The predicted molar refractivity (Wildman–Crippen MR) is 73.2 cm³/mol. The van der Waals surface area contributed by atoms with Gasteiger partial charge in [0.1, 0.15) is 0 Å². The quantitative estimate of drug-likeness (QED) is 0.728. The first kappa shape index (κ1) is 15.4. The van der Waals surface area contributed by atoms with Gasteiger partial charge in [0.15, 0.2) is 0 Å². The summed E-state index contributed by atoms with van der Waals surface area (Å²) in [7, 11) is 0. The zero-order valence-electron chi connectivity index (χ0n) is 11.8. The summed E-state index contributed by atoms with van der Waals surface area (Å²) in [6, 6.07) is 0. The molecule has 1 unspecified atom stereocenters. The molecule has 1 saturated heterocycles. The monoisotopic (exact) mass is 256 g/mol. The number of amides is 1. The van der Waals surface area contributed by atoms with Crippen molar-refractivity contribution >= 4 is 5.91 Å². The molecular formula is C14H28N2O2. The molecular weight excluding hydrogens is 228 g/mol. The van der Waals surface area contributed by atoms with Gasteiger partial charge in [-0.15, -0.1) is 0 Å². The van der Waals surface area contributed by atoms with Crippen LogP contribution in [0, 0.1) is 11.3 Å². The third-order valence-corrected chi connectivity index (χ3v) is 3.69. The van der Waals surface area contributed by atoms with Crippen molar-refractivity contribution in [2.75, 3.05) is 26.3 Å². The molecule has 0 aromatic rings. The van der Waals surface area contributed by atoms with Crippen LogP contribution in [-0.2, 0) is 9.53 Å². The molecule has 0 aromatic heterocycles. The van der Waals surface area contributed by atoms with Crippen molar-refractivity contribution in [1.29, 1.82) is 0 Å². The molecule has 4 nitrogen and oxygen atoms in total. The van der Waals surface area contributed by atoms with Gasteiger partial charge in [-0.05, 0) is 43.6 Å². The molecule has 0 spiro atoms. The van der Waals surface area contributed by atoms with Crippen LogP contribution in [0.1, 0.15) is 46.0 Å². The molecule has 1 aliphatic rings. The van der Waals surface area contributed by atoms with E-state index in [1.165, 1.54) is 6.42 Å². The summed E-state index contributed by atoms with van der Waals surface area (Å²) in [5.74, 6) is 0.658. The maximum Gasteiger partial charge on any atom is 0.220 e. The highest BCUT2D eigenvalue weighted by Gasteiger charge is 2.19. The van der Waals surface area contributed by atoms with Gasteiger partial charge in [-0.1, -0.05) is 13.8 Å². The fourth-order valence-corrected chi connectivity index (χ4v) is 2.28. The molecule has 18 heavy (non-hydrogen) atoms. The molecule has 1 heterocycles. The summed E-state index contributed by atoms with van der Waals surface area (Å²) in [5, 5.41) is 3.02. The van der Waals surface area contributed by atoms with Crippen molar-refractivity contribution in [2.45, 2.75) is 46.0 Å². The summed E-state index contributed by atoms with van der Waals surface area (Å²) in [6.07, 6.45) is 4.75. The second-order valence-electron chi connectivity index (χ2n) is 6.09. The summed E-state index contributed by atoms with van der Waals surface area (Å²) in [4.78, 5) is 11.8. The van der Waals surface area contributed by atoms with E-state index in [2.05, 4.69) is 19.2 Å². The van der Waals surface area contributed by atoms with Gasteiger partial charge in [-0.2, -0.15) is 0 Å². The van der Waals surface area contributed by atoms with E-state index in [9.17, 15) is 4.79 Å². The SMILES string of the molecule is CC(C)(CCN)CCC(=O)NCC1CCCOC1. The highest BCUT2D eigenvalue weighted by Crippen LogP contribution is 2.25. The Kier molecular flexibility index (Phi) is 6.65. The third-order valence-electron chi connectivity index (χ3n) is 3.69. The third kappa shape index (κ3) is 6.36. The molecule has 0 saturated carbocycles. The van der Waals surface area contributed by atoms with E-state index >= 15 is 0 Å². The number of rotatable bonds is 7. The van der Waals surface area contributed by atoms with Crippen LogP contribution < -0.4 is 11.1 Å². The molecule has 0 bridgehead atoms. The predicted octanol–water partition coefficient (Wildman–Crippen LogP) is 1.68. The molecule has 0 radical (unpaired) electrons.